The zero-order chi connectivity index (χ0) is 33.6. The van der Waals surface area contributed by atoms with Gasteiger partial charge in [0.15, 0.2) is 5.82 Å². The number of amides is 1. The molecule has 3 aliphatic rings. The number of halogens is 2. The number of aryl methyl sites for hydroxylation is 1. The third-order valence-electron chi connectivity index (χ3n) is 11.1. The summed E-state index contributed by atoms with van der Waals surface area (Å²) in [6, 6.07) is 21.9. The molecule has 1 amide bonds. The van der Waals surface area contributed by atoms with Crippen LogP contribution in [0.5, 0.6) is 0 Å². The first kappa shape index (κ1) is 32.9. The van der Waals surface area contributed by atoms with Gasteiger partial charge >= 0.3 is 0 Å². The van der Waals surface area contributed by atoms with Crippen LogP contribution < -0.4 is 4.72 Å². The third-order valence-corrected chi connectivity index (χ3v) is 12.7. The van der Waals surface area contributed by atoms with E-state index >= 15 is 4.39 Å². The zero-order valence-corrected chi connectivity index (χ0v) is 28.4. The predicted octanol–water partition coefficient (Wildman–Crippen LogP) is 6.35. The lowest BCUT2D eigenvalue weighted by Gasteiger charge is -2.45. The molecule has 0 saturated carbocycles. The van der Waals surface area contributed by atoms with Crippen molar-refractivity contribution in [2.75, 3.05) is 26.2 Å². The molecule has 1 N–H and O–H groups in total. The van der Waals surface area contributed by atoms with E-state index in [1.54, 1.807) is 6.92 Å². The average Bonchev–Trinajstić information content (AvgIpc) is 3.54. The summed E-state index contributed by atoms with van der Waals surface area (Å²) in [4.78, 5) is 21.9. The van der Waals surface area contributed by atoms with Crippen molar-refractivity contribution >= 4 is 27.0 Å². The molecule has 0 aliphatic carbocycles. The molecule has 3 fully saturated rings. The minimum atomic E-state index is -4.22. The van der Waals surface area contributed by atoms with Gasteiger partial charge in [0.05, 0.1) is 11.0 Å². The second-order valence-corrected chi connectivity index (χ2v) is 15.4. The van der Waals surface area contributed by atoms with E-state index in [4.69, 9.17) is 4.98 Å². The Bertz CT molecular complexity index is 1910. The molecule has 48 heavy (non-hydrogen) atoms. The van der Waals surface area contributed by atoms with Crippen LogP contribution in [0.25, 0.3) is 11.0 Å². The fourth-order valence-corrected chi connectivity index (χ4v) is 9.89. The average molecular weight is 676 g/mol. The van der Waals surface area contributed by atoms with Crippen molar-refractivity contribution in [2.45, 2.75) is 87.2 Å². The summed E-state index contributed by atoms with van der Waals surface area (Å²) in [7, 11) is -4.22. The summed E-state index contributed by atoms with van der Waals surface area (Å²) in [6.45, 7) is 5.30. The van der Waals surface area contributed by atoms with E-state index in [1.807, 2.05) is 24.3 Å². The van der Waals surface area contributed by atoms with Crippen molar-refractivity contribution in [1.82, 2.24) is 24.1 Å². The number of hydrogen-bond acceptors (Lipinski definition) is 5. The minimum Gasteiger partial charge on any atom is -0.338 e. The number of piperidine rings is 2. The Kier molecular flexibility index (Phi) is 8.89. The maximum absolute atomic E-state index is 15.5. The smallest absolute Gasteiger partial charge is 0.259 e. The number of imidazole rings is 1. The Morgan fingerprint density at radius 3 is 2.29 bits per heavy atom. The van der Waals surface area contributed by atoms with Crippen LogP contribution in [-0.2, 0) is 15.4 Å². The summed E-state index contributed by atoms with van der Waals surface area (Å²) >= 11 is 0. The van der Waals surface area contributed by atoms with E-state index in [0.29, 0.717) is 44.1 Å². The second-order valence-electron chi connectivity index (χ2n) is 13.7. The summed E-state index contributed by atoms with van der Waals surface area (Å²) in [5, 5.41) is 0. The molecule has 8 nitrogen and oxygen atoms in total. The van der Waals surface area contributed by atoms with Crippen molar-refractivity contribution in [2.24, 2.45) is 0 Å². The number of fused-ring (bicyclic) bond motifs is 3. The van der Waals surface area contributed by atoms with Crippen LogP contribution in [0.1, 0.15) is 79.7 Å². The number of nitrogens with one attached hydrogen (secondary N) is 1. The van der Waals surface area contributed by atoms with E-state index < -0.39 is 38.0 Å². The molecule has 0 radical (unpaired) electrons. The number of rotatable bonds is 9. The molecule has 1 unspecified atom stereocenters. The molecule has 4 aromatic rings. The maximum Gasteiger partial charge on any atom is 0.259 e. The lowest BCUT2D eigenvalue weighted by Crippen LogP contribution is -2.49. The van der Waals surface area contributed by atoms with Gasteiger partial charge in [-0.15, -0.1) is 0 Å². The molecular weight excluding hydrogens is 633 g/mol. The normalized spacial score (nSPS) is 22.8. The van der Waals surface area contributed by atoms with Gasteiger partial charge < -0.3 is 9.47 Å². The van der Waals surface area contributed by atoms with Gasteiger partial charge in [-0.2, -0.15) is 0 Å². The lowest BCUT2D eigenvalue weighted by atomic mass is 9.70. The van der Waals surface area contributed by atoms with Crippen molar-refractivity contribution in [3.05, 3.63) is 95.3 Å². The Morgan fingerprint density at radius 1 is 0.938 bits per heavy atom. The number of carbonyl (C=O) groups is 1. The molecule has 254 valence electrons. The van der Waals surface area contributed by atoms with Crippen LogP contribution in [0.4, 0.5) is 8.78 Å². The first-order chi connectivity index (χ1) is 23.1. The fraction of sp³-hybridized carbons (Fsp3) is 0.459. The highest BCUT2D eigenvalue weighted by Gasteiger charge is 2.44. The van der Waals surface area contributed by atoms with Gasteiger partial charge in [-0.3, -0.25) is 9.69 Å². The summed E-state index contributed by atoms with van der Waals surface area (Å²) in [6.07, 6.45) is 6.78. The topological polar surface area (TPSA) is 87.5 Å². The molecule has 4 heterocycles. The molecule has 3 saturated heterocycles. The molecule has 7 rings (SSSR count). The Labute approximate surface area is 281 Å². The van der Waals surface area contributed by atoms with Crippen LogP contribution in [0.2, 0.25) is 0 Å². The van der Waals surface area contributed by atoms with Gasteiger partial charge in [-0.05, 0) is 93.7 Å². The van der Waals surface area contributed by atoms with Crippen molar-refractivity contribution < 1.29 is 22.0 Å². The number of likely N-dealkylation sites (tertiary alicyclic amines) is 1. The standard InChI is InChI=1S/C37H43F2N5O3S/c1-3-40-48(46,47)33-16-15-30(38)34(35(33)39)36(45)42-20-17-37(18-21-42,26-9-5-4-6-10-26)19-22-43-27-13-14-28(43)24-29(23-27)44-25(2)41-31-11-7-8-12-32(31)44/h4-12,15-16,27-29,40H,3,13-14,17-24H2,1-2H3/t27-,28+,29?. The predicted molar refractivity (Wildman–Crippen MR) is 181 cm³/mol. The summed E-state index contributed by atoms with van der Waals surface area (Å²) in [5.41, 5.74) is 2.47. The Morgan fingerprint density at radius 2 is 1.60 bits per heavy atom. The molecule has 2 bridgehead atoms. The van der Waals surface area contributed by atoms with Gasteiger partial charge in [-0.1, -0.05) is 49.4 Å². The number of hydrogen-bond donors (Lipinski definition) is 1. The highest BCUT2D eigenvalue weighted by molar-refractivity contribution is 7.89. The molecule has 11 heteroatoms. The maximum atomic E-state index is 15.5. The molecule has 3 atom stereocenters. The van der Waals surface area contributed by atoms with Crippen LogP contribution in [0, 0.1) is 18.6 Å². The molecule has 3 aliphatic heterocycles. The van der Waals surface area contributed by atoms with Crippen LogP contribution in [-0.4, -0.2) is 71.9 Å². The monoisotopic (exact) mass is 675 g/mol. The number of benzene rings is 3. The fourth-order valence-electron chi connectivity index (χ4n) is 8.77. The highest BCUT2D eigenvalue weighted by Crippen LogP contribution is 2.45. The number of sulfonamides is 1. The van der Waals surface area contributed by atoms with Gasteiger partial charge in [0.2, 0.25) is 10.0 Å². The van der Waals surface area contributed by atoms with Crippen molar-refractivity contribution in [1.29, 1.82) is 0 Å². The van der Waals surface area contributed by atoms with Crippen LogP contribution in [0.3, 0.4) is 0 Å². The number of nitrogens with zero attached hydrogens (tertiary/aromatic N) is 4. The summed E-state index contributed by atoms with van der Waals surface area (Å²) < 4.78 is 60.2. The summed E-state index contributed by atoms with van der Waals surface area (Å²) in [5.74, 6) is -2.16. The van der Waals surface area contributed by atoms with Gasteiger partial charge in [0.25, 0.3) is 5.91 Å². The van der Waals surface area contributed by atoms with Gasteiger partial charge in [-0.25, -0.2) is 26.9 Å². The Balaban J connectivity index is 1.08. The minimum absolute atomic E-state index is 0.0388. The van der Waals surface area contributed by atoms with Crippen molar-refractivity contribution in [3.8, 4) is 0 Å². The van der Waals surface area contributed by atoms with Gasteiger partial charge in [0, 0.05) is 37.8 Å². The number of carbonyl (C=O) groups excluding carboxylic acids is 1. The SMILES string of the molecule is CCNS(=O)(=O)c1ccc(F)c(C(=O)N2CCC(CCN3[C@@H]4CC[C@H]3CC(n3c(C)nc5ccccc53)C4)(c3ccccc3)CC2)c1F. The Hall–Kier alpha value is -3.67. The molecule has 1 aromatic heterocycles. The number of aromatic nitrogens is 2. The van der Waals surface area contributed by atoms with Crippen LogP contribution >= 0.6 is 0 Å². The van der Waals surface area contributed by atoms with E-state index in [0.717, 1.165) is 49.3 Å². The quantitative estimate of drug-likeness (QED) is 0.223. The molecule has 0 spiro atoms. The zero-order valence-electron chi connectivity index (χ0n) is 27.5. The van der Waals surface area contributed by atoms with Crippen LogP contribution in [0.15, 0.2) is 71.6 Å². The first-order valence-electron chi connectivity index (χ1n) is 17.1. The second kappa shape index (κ2) is 13.0. The highest BCUT2D eigenvalue weighted by atomic mass is 32.2. The number of para-hydroxylation sites is 2. The molecule has 3 aromatic carbocycles. The van der Waals surface area contributed by atoms with E-state index in [2.05, 4.69) is 51.4 Å². The van der Waals surface area contributed by atoms with E-state index in [1.165, 1.54) is 28.8 Å². The van der Waals surface area contributed by atoms with Gasteiger partial charge in [0.1, 0.15) is 22.1 Å². The van der Waals surface area contributed by atoms with E-state index in [-0.39, 0.29) is 12.0 Å². The van der Waals surface area contributed by atoms with Crippen molar-refractivity contribution in [3.63, 3.8) is 0 Å². The lowest BCUT2D eigenvalue weighted by molar-refractivity contribution is 0.0598. The van der Waals surface area contributed by atoms with E-state index in [9.17, 15) is 17.6 Å². The molecular formula is C37H43F2N5O3S. The largest absolute Gasteiger partial charge is 0.338 e. The first-order valence-corrected chi connectivity index (χ1v) is 18.6. The third kappa shape index (κ3) is 5.83.